The van der Waals surface area contributed by atoms with Crippen LogP contribution in [-0.4, -0.2) is 23.3 Å². The molecular weight excluding hydrogens is 300 g/mol. The number of fused-ring (bicyclic) bond motifs is 5. The quantitative estimate of drug-likeness (QED) is 0.577. The number of aliphatic hydroxyl groups is 1. The summed E-state index contributed by atoms with van der Waals surface area (Å²) in [6, 6.07) is 0. The smallest absolute Gasteiger partial charge is 0.302 e. The third-order valence-corrected chi connectivity index (χ3v) is 8.34. The molecule has 24 heavy (non-hydrogen) atoms. The molecule has 0 unspecified atom stereocenters. The van der Waals surface area contributed by atoms with Crippen LogP contribution in [0.4, 0.5) is 0 Å². The van der Waals surface area contributed by atoms with E-state index in [0.717, 1.165) is 43.9 Å². The lowest BCUT2D eigenvalue weighted by atomic mass is 9.48. The van der Waals surface area contributed by atoms with E-state index in [4.69, 9.17) is 4.74 Å². The Bertz CT molecular complexity index is 567. The van der Waals surface area contributed by atoms with Crippen molar-refractivity contribution in [2.45, 2.75) is 84.3 Å². The Morgan fingerprint density at radius 1 is 1.17 bits per heavy atom. The van der Waals surface area contributed by atoms with E-state index in [1.807, 2.05) is 0 Å². The molecule has 0 heterocycles. The highest BCUT2D eigenvalue weighted by molar-refractivity contribution is 5.66. The molecule has 0 bridgehead atoms. The zero-order chi connectivity index (χ0) is 17.1. The van der Waals surface area contributed by atoms with Crippen LogP contribution in [0, 0.1) is 28.6 Å². The van der Waals surface area contributed by atoms with E-state index in [1.54, 1.807) is 5.57 Å². The van der Waals surface area contributed by atoms with E-state index >= 15 is 0 Å². The first-order valence-electron chi connectivity index (χ1n) is 9.89. The van der Waals surface area contributed by atoms with E-state index in [0.29, 0.717) is 5.92 Å². The molecule has 0 aromatic heterocycles. The van der Waals surface area contributed by atoms with Gasteiger partial charge in [0.05, 0.1) is 6.10 Å². The van der Waals surface area contributed by atoms with Crippen molar-refractivity contribution in [2.24, 2.45) is 28.6 Å². The summed E-state index contributed by atoms with van der Waals surface area (Å²) in [6.07, 6.45) is 11.3. The average Bonchev–Trinajstić information content (AvgIpc) is 2.83. The molecule has 3 heteroatoms. The van der Waals surface area contributed by atoms with Crippen LogP contribution >= 0.6 is 0 Å². The molecule has 134 valence electrons. The number of aliphatic hydroxyl groups excluding tert-OH is 1. The van der Waals surface area contributed by atoms with Gasteiger partial charge in [-0.15, -0.1) is 0 Å². The third kappa shape index (κ3) is 2.30. The summed E-state index contributed by atoms with van der Waals surface area (Å²) in [5, 5.41) is 10.5. The molecule has 7 atom stereocenters. The number of ether oxygens (including phenoxy) is 1. The van der Waals surface area contributed by atoms with Crippen molar-refractivity contribution in [1.82, 2.24) is 0 Å². The van der Waals surface area contributed by atoms with Crippen LogP contribution < -0.4 is 0 Å². The van der Waals surface area contributed by atoms with Crippen LogP contribution in [-0.2, 0) is 9.53 Å². The largest absolute Gasteiger partial charge is 0.462 e. The fraction of sp³-hybridized carbons (Fsp3) is 0.857. The van der Waals surface area contributed by atoms with Gasteiger partial charge in [-0.2, -0.15) is 0 Å². The highest BCUT2D eigenvalue weighted by Crippen LogP contribution is 2.64. The van der Waals surface area contributed by atoms with Gasteiger partial charge in [0.2, 0.25) is 0 Å². The van der Waals surface area contributed by atoms with Gasteiger partial charge in [-0.25, -0.2) is 0 Å². The summed E-state index contributed by atoms with van der Waals surface area (Å²) in [7, 11) is 0. The molecule has 3 saturated carbocycles. The van der Waals surface area contributed by atoms with Gasteiger partial charge in [-0.3, -0.25) is 4.79 Å². The molecule has 4 aliphatic rings. The first kappa shape index (κ1) is 16.6. The van der Waals surface area contributed by atoms with Crippen molar-refractivity contribution in [3.05, 3.63) is 11.6 Å². The van der Waals surface area contributed by atoms with Crippen LogP contribution in [0.3, 0.4) is 0 Å². The van der Waals surface area contributed by atoms with E-state index in [9.17, 15) is 9.90 Å². The summed E-state index contributed by atoms with van der Waals surface area (Å²) in [4.78, 5) is 11.3. The summed E-state index contributed by atoms with van der Waals surface area (Å²) in [5.41, 5.74) is 1.98. The minimum Gasteiger partial charge on any atom is -0.462 e. The third-order valence-electron chi connectivity index (χ3n) is 8.34. The van der Waals surface area contributed by atoms with Gasteiger partial charge in [-0.1, -0.05) is 25.5 Å². The van der Waals surface area contributed by atoms with Gasteiger partial charge < -0.3 is 9.84 Å². The fourth-order valence-corrected chi connectivity index (χ4v) is 6.94. The van der Waals surface area contributed by atoms with E-state index < -0.39 is 0 Å². The highest BCUT2D eigenvalue weighted by Gasteiger charge is 2.58. The van der Waals surface area contributed by atoms with Crippen LogP contribution in [0.5, 0.6) is 0 Å². The van der Waals surface area contributed by atoms with E-state index in [1.165, 1.54) is 26.2 Å². The Morgan fingerprint density at radius 2 is 1.96 bits per heavy atom. The van der Waals surface area contributed by atoms with Crippen molar-refractivity contribution in [3.63, 3.8) is 0 Å². The van der Waals surface area contributed by atoms with E-state index in [2.05, 4.69) is 19.9 Å². The molecule has 0 aromatic rings. The standard InChI is InChI=1S/C21H32O3/c1-13(22)24-15-8-10-20(2)14(12-15)4-5-16-17-6-7-19(23)21(17,3)11-9-18(16)20/h4,15-19,23H,5-12H2,1-3H3/t15-,16-,17-,18-,19-,20-,21-/m1/s1. The Labute approximate surface area is 145 Å². The molecule has 4 aliphatic carbocycles. The molecule has 0 aliphatic heterocycles. The van der Waals surface area contributed by atoms with Crippen molar-refractivity contribution in [2.75, 3.05) is 0 Å². The minimum absolute atomic E-state index is 0.0838. The molecular formula is C21H32O3. The van der Waals surface area contributed by atoms with Crippen LogP contribution in [0.1, 0.15) is 72.1 Å². The molecule has 0 radical (unpaired) electrons. The van der Waals surface area contributed by atoms with Crippen LogP contribution in [0.25, 0.3) is 0 Å². The molecule has 0 saturated heterocycles. The Morgan fingerprint density at radius 3 is 2.71 bits per heavy atom. The second-order valence-electron chi connectivity index (χ2n) is 9.37. The van der Waals surface area contributed by atoms with Crippen molar-refractivity contribution in [3.8, 4) is 0 Å². The van der Waals surface area contributed by atoms with Gasteiger partial charge in [0.15, 0.2) is 0 Å². The Kier molecular flexibility index (Phi) is 3.87. The highest BCUT2D eigenvalue weighted by atomic mass is 16.5. The number of esters is 1. The summed E-state index contributed by atoms with van der Waals surface area (Å²) >= 11 is 0. The maximum Gasteiger partial charge on any atom is 0.302 e. The SMILES string of the molecule is CC(=O)O[C@@H]1CC[C@]2(C)C(=CC[C@@H]3[C@H]4CC[C@@H](O)[C@]4(C)CC[C@H]32)C1. The lowest BCUT2D eigenvalue weighted by Gasteiger charge is -2.57. The fourth-order valence-electron chi connectivity index (χ4n) is 6.94. The molecule has 1 N–H and O–H groups in total. The minimum atomic E-state index is -0.147. The van der Waals surface area contributed by atoms with Crippen molar-refractivity contribution < 1.29 is 14.6 Å². The topological polar surface area (TPSA) is 46.5 Å². The van der Waals surface area contributed by atoms with Gasteiger partial charge >= 0.3 is 5.97 Å². The van der Waals surface area contributed by atoms with Gasteiger partial charge in [0.25, 0.3) is 0 Å². The molecule has 4 rings (SSSR count). The Balaban J connectivity index is 1.59. The van der Waals surface area contributed by atoms with Crippen molar-refractivity contribution >= 4 is 5.97 Å². The number of allylic oxidation sites excluding steroid dienone is 1. The van der Waals surface area contributed by atoms with Crippen molar-refractivity contribution in [1.29, 1.82) is 0 Å². The number of rotatable bonds is 1. The van der Waals surface area contributed by atoms with Gasteiger partial charge in [-0.05, 0) is 73.5 Å². The predicted molar refractivity (Wildman–Crippen MR) is 93.3 cm³/mol. The van der Waals surface area contributed by atoms with Gasteiger partial charge in [0, 0.05) is 13.3 Å². The molecule has 3 fully saturated rings. The number of hydrogen-bond donors (Lipinski definition) is 1. The average molecular weight is 332 g/mol. The first-order valence-corrected chi connectivity index (χ1v) is 9.89. The van der Waals surface area contributed by atoms with Crippen LogP contribution in [0.2, 0.25) is 0 Å². The summed E-state index contributed by atoms with van der Waals surface area (Å²) in [5.74, 6) is 2.03. The molecule has 0 aromatic carbocycles. The monoisotopic (exact) mass is 332 g/mol. The number of hydrogen-bond acceptors (Lipinski definition) is 3. The predicted octanol–water partition coefficient (Wildman–Crippen LogP) is 4.24. The Hall–Kier alpha value is -0.830. The zero-order valence-electron chi connectivity index (χ0n) is 15.4. The molecule has 0 amide bonds. The molecule has 0 spiro atoms. The first-order chi connectivity index (χ1) is 11.3. The number of carbonyl (C=O) groups is 1. The summed E-state index contributed by atoms with van der Waals surface area (Å²) in [6.45, 7) is 6.32. The van der Waals surface area contributed by atoms with E-state index in [-0.39, 0.29) is 29.0 Å². The maximum absolute atomic E-state index is 11.3. The maximum atomic E-state index is 11.3. The second kappa shape index (κ2) is 5.59. The molecule has 3 nitrogen and oxygen atoms in total. The number of carbonyl (C=O) groups excluding carboxylic acids is 1. The lowest BCUT2D eigenvalue weighted by Crippen LogP contribution is -2.51. The lowest BCUT2D eigenvalue weighted by molar-refractivity contribution is -0.148. The second-order valence-corrected chi connectivity index (χ2v) is 9.37. The van der Waals surface area contributed by atoms with Gasteiger partial charge in [0.1, 0.15) is 6.10 Å². The summed E-state index contributed by atoms with van der Waals surface area (Å²) < 4.78 is 5.51. The van der Waals surface area contributed by atoms with Crippen LogP contribution in [0.15, 0.2) is 11.6 Å². The normalized spacial score (nSPS) is 50.3. The zero-order valence-corrected chi connectivity index (χ0v) is 15.4.